The summed E-state index contributed by atoms with van der Waals surface area (Å²) in [5, 5.41) is 15.5. The molecule has 0 aliphatic carbocycles. The quantitative estimate of drug-likeness (QED) is 0.193. The van der Waals surface area contributed by atoms with Crippen molar-refractivity contribution in [2.75, 3.05) is 19.8 Å². The first kappa shape index (κ1) is 24.1. The zero-order valence-corrected chi connectivity index (χ0v) is 19.4. The number of azide groups is 1. The van der Waals surface area contributed by atoms with Crippen LogP contribution in [0.4, 0.5) is 0 Å². The fourth-order valence-corrected chi connectivity index (χ4v) is 8.24. The number of aliphatic hydroxyl groups excluding tert-OH is 1. The van der Waals surface area contributed by atoms with Gasteiger partial charge in [0.2, 0.25) is 0 Å². The molecule has 0 aliphatic rings. The molecule has 6 nitrogen and oxygen atoms in total. The third kappa shape index (κ3) is 6.17. The van der Waals surface area contributed by atoms with Gasteiger partial charge in [0.15, 0.2) is 0 Å². The molecule has 0 aromatic heterocycles. The van der Waals surface area contributed by atoms with E-state index in [9.17, 15) is 5.11 Å². The van der Waals surface area contributed by atoms with Crippen LogP contribution in [0, 0.1) is 0 Å². The molecule has 7 heteroatoms. The van der Waals surface area contributed by atoms with Crippen LogP contribution in [0.25, 0.3) is 10.4 Å². The average Bonchev–Trinajstić information content (AvgIpc) is 2.72. The summed E-state index contributed by atoms with van der Waals surface area (Å²) in [6, 6.07) is 20.3. The predicted octanol–water partition coefficient (Wildman–Crippen LogP) is 4.03. The molecule has 2 rings (SSSR count). The van der Waals surface area contributed by atoms with E-state index in [0.717, 1.165) is 0 Å². The van der Waals surface area contributed by atoms with Crippen LogP contribution in [0.3, 0.4) is 0 Å². The summed E-state index contributed by atoms with van der Waals surface area (Å²) in [5.41, 5.74) is 9.02. The van der Waals surface area contributed by atoms with Gasteiger partial charge < -0.3 is 14.3 Å². The Bertz CT molecular complexity index is 764. The van der Waals surface area contributed by atoms with E-state index in [2.05, 4.69) is 55.1 Å². The van der Waals surface area contributed by atoms with Gasteiger partial charge in [-0.25, -0.2) is 0 Å². The lowest BCUT2D eigenvalue weighted by Crippen LogP contribution is -2.67. The summed E-state index contributed by atoms with van der Waals surface area (Å²) in [6.45, 7) is 9.29. The molecule has 0 radical (unpaired) electrons. The minimum Gasteiger partial charge on any atom is -0.407 e. The van der Waals surface area contributed by atoms with Gasteiger partial charge in [-0.3, -0.25) is 0 Å². The van der Waals surface area contributed by atoms with E-state index in [4.69, 9.17) is 14.7 Å². The maximum absolute atomic E-state index is 9.39. The van der Waals surface area contributed by atoms with E-state index in [1.165, 1.54) is 10.4 Å². The van der Waals surface area contributed by atoms with E-state index in [1.54, 1.807) is 6.92 Å². The molecule has 2 atom stereocenters. The van der Waals surface area contributed by atoms with Crippen molar-refractivity contribution in [2.45, 2.75) is 51.3 Å². The molecule has 30 heavy (non-hydrogen) atoms. The maximum atomic E-state index is 9.39. The smallest absolute Gasteiger partial charge is 0.261 e. The van der Waals surface area contributed by atoms with Gasteiger partial charge in [0.05, 0.1) is 18.8 Å². The van der Waals surface area contributed by atoms with Crippen LogP contribution in [0.1, 0.15) is 34.1 Å². The molecule has 2 aromatic carbocycles. The Morgan fingerprint density at radius 2 is 1.53 bits per heavy atom. The second-order valence-electron chi connectivity index (χ2n) is 8.55. The number of hydrogen-bond donors (Lipinski definition) is 1. The van der Waals surface area contributed by atoms with Gasteiger partial charge in [0.25, 0.3) is 8.32 Å². The van der Waals surface area contributed by atoms with E-state index in [-0.39, 0.29) is 18.3 Å². The Morgan fingerprint density at radius 3 is 1.97 bits per heavy atom. The monoisotopic (exact) mass is 427 g/mol. The van der Waals surface area contributed by atoms with Crippen LogP contribution < -0.4 is 10.4 Å². The number of ether oxygens (including phenoxy) is 1. The van der Waals surface area contributed by atoms with Crippen LogP contribution in [0.15, 0.2) is 65.8 Å². The summed E-state index contributed by atoms with van der Waals surface area (Å²) >= 11 is 0. The van der Waals surface area contributed by atoms with Gasteiger partial charge in [0, 0.05) is 18.1 Å². The van der Waals surface area contributed by atoms with Gasteiger partial charge in [-0.1, -0.05) is 86.5 Å². The second kappa shape index (κ2) is 11.3. The fraction of sp³-hybridized carbons (Fsp3) is 0.478. The van der Waals surface area contributed by atoms with Gasteiger partial charge in [-0.2, -0.15) is 0 Å². The van der Waals surface area contributed by atoms with Gasteiger partial charge in [0.1, 0.15) is 0 Å². The highest BCUT2D eigenvalue weighted by Gasteiger charge is 2.50. The van der Waals surface area contributed by atoms with Crippen molar-refractivity contribution in [3.8, 4) is 0 Å². The first-order chi connectivity index (χ1) is 14.3. The molecule has 162 valence electrons. The van der Waals surface area contributed by atoms with Crippen LogP contribution >= 0.6 is 0 Å². The number of benzene rings is 2. The molecule has 1 N–H and O–H groups in total. The third-order valence-corrected chi connectivity index (χ3v) is 10.1. The van der Waals surface area contributed by atoms with E-state index < -0.39 is 20.5 Å². The largest absolute Gasteiger partial charge is 0.407 e. The molecular formula is C23H33N3O3Si. The van der Waals surface area contributed by atoms with Crippen molar-refractivity contribution < 1.29 is 14.3 Å². The maximum Gasteiger partial charge on any atom is 0.261 e. The van der Waals surface area contributed by atoms with Crippen LogP contribution in [-0.4, -0.2) is 45.4 Å². The van der Waals surface area contributed by atoms with Crippen molar-refractivity contribution in [2.24, 2.45) is 5.11 Å². The standard InChI is InChI=1S/C23H33N3O3Si/c1-19(27)15-16-28-17-20(25-26-24)18-29-30(23(2,3)4,21-11-7-5-8-12-21)22-13-9-6-10-14-22/h5-14,19-20,27H,15-18H2,1-4H3/t19-,20?/m1/s1. The van der Waals surface area contributed by atoms with E-state index >= 15 is 0 Å². The number of nitrogens with zero attached hydrogens (tertiary/aromatic N) is 3. The topological polar surface area (TPSA) is 87.5 Å². The molecule has 0 heterocycles. The number of hydrogen-bond acceptors (Lipinski definition) is 4. The first-order valence-corrected chi connectivity index (χ1v) is 12.3. The molecule has 1 unspecified atom stereocenters. The van der Waals surface area contributed by atoms with Crippen LogP contribution in [-0.2, 0) is 9.16 Å². The van der Waals surface area contributed by atoms with Crippen molar-refractivity contribution in [1.82, 2.24) is 0 Å². The highest BCUT2D eigenvalue weighted by Crippen LogP contribution is 2.36. The number of rotatable bonds is 11. The Hall–Kier alpha value is -2.15. The molecular weight excluding hydrogens is 394 g/mol. The van der Waals surface area contributed by atoms with Crippen molar-refractivity contribution >= 4 is 18.7 Å². The molecule has 2 aromatic rings. The lowest BCUT2D eigenvalue weighted by molar-refractivity contribution is 0.0727. The zero-order chi connectivity index (χ0) is 22.0. The van der Waals surface area contributed by atoms with Gasteiger partial charge in [-0.05, 0) is 34.3 Å². The third-order valence-electron chi connectivity index (χ3n) is 5.11. The Kier molecular flexibility index (Phi) is 9.08. The lowest BCUT2D eigenvalue weighted by Gasteiger charge is -2.43. The highest BCUT2D eigenvalue weighted by atomic mass is 28.4. The molecule has 0 fully saturated rings. The molecule has 0 aliphatic heterocycles. The Balaban J connectivity index is 2.34. The van der Waals surface area contributed by atoms with Crippen molar-refractivity contribution in [3.63, 3.8) is 0 Å². The summed E-state index contributed by atoms with van der Waals surface area (Å²) < 4.78 is 12.4. The number of aliphatic hydroxyl groups is 1. The summed E-state index contributed by atoms with van der Waals surface area (Å²) in [4.78, 5) is 2.99. The zero-order valence-electron chi connectivity index (χ0n) is 18.4. The van der Waals surface area contributed by atoms with E-state index in [1.807, 2.05) is 36.4 Å². The average molecular weight is 428 g/mol. The second-order valence-corrected chi connectivity index (χ2v) is 12.9. The van der Waals surface area contributed by atoms with Gasteiger partial charge in [-0.15, -0.1) is 0 Å². The van der Waals surface area contributed by atoms with Crippen LogP contribution in [0.2, 0.25) is 5.04 Å². The highest BCUT2D eigenvalue weighted by molar-refractivity contribution is 6.99. The van der Waals surface area contributed by atoms with E-state index in [0.29, 0.717) is 13.0 Å². The van der Waals surface area contributed by atoms with Crippen molar-refractivity contribution in [1.29, 1.82) is 0 Å². The Labute approximate surface area is 180 Å². The molecule has 0 amide bonds. The summed E-state index contributed by atoms with van der Waals surface area (Å²) in [6.07, 6.45) is 0.120. The van der Waals surface area contributed by atoms with Crippen LogP contribution in [0.5, 0.6) is 0 Å². The lowest BCUT2D eigenvalue weighted by atomic mass is 10.2. The molecule has 0 saturated carbocycles. The minimum atomic E-state index is -2.69. The fourth-order valence-electron chi connectivity index (χ4n) is 3.64. The molecule has 0 saturated heterocycles. The summed E-state index contributed by atoms with van der Waals surface area (Å²) in [7, 11) is -2.69. The minimum absolute atomic E-state index is 0.149. The van der Waals surface area contributed by atoms with Gasteiger partial charge >= 0.3 is 0 Å². The predicted molar refractivity (Wildman–Crippen MR) is 124 cm³/mol. The molecule has 0 spiro atoms. The van der Waals surface area contributed by atoms with Crippen molar-refractivity contribution in [3.05, 3.63) is 71.1 Å². The first-order valence-electron chi connectivity index (χ1n) is 10.4. The molecule has 0 bridgehead atoms. The summed E-state index contributed by atoms with van der Waals surface area (Å²) in [5.74, 6) is 0. The SMILES string of the molecule is C[C@@H](O)CCOCC(CO[Si](c1ccccc1)(c1ccccc1)C(C)(C)C)N=[N+]=[N-]. The Morgan fingerprint density at radius 1 is 1.00 bits per heavy atom. The normalized spacial score (nSPS) is 14.0.